The van der Waals surface area contributed by atoms with Crippen LogP contribution in [0.1, 0.15) is 29.8 Å². The summed E-state index contributed by atoms with van der Waals surface area (Å²) in [5, 5.41) is 0.672. The summed E-state index contributed by atoms with van der Waals surface area (Å²) in [7, 11) is -4.09. The van der Waals surface area contributed by atoms with Gasteiger partial charge in [0.2, 0.25) is 0 Å². The van der Waals surface area contributed by atoms with Gasteiger partial charge in [0.15, 0.2) is 0 Å². The van der Waals surface area contributed by atoms with Crippen LogP contribution in [0.5, 0.6) is 5.75 Å². The van der Waals surface area contributed by atoms with Crippen molar-refractivity contribution in [1.82, 2.24) is 4.90 Å². The molecule has 0 N–H and O–H groups in total. The van der Waals surface area contributed by atoms with Crippen molar-refractivity contribution in [1.29, 1.82) is 0 Å². The molecule has 0 aliphatic carbocycles. The van der Waals surface area contributed by atoms with Gasteiger partial charge in [-0.05, 0) is 66.1 Å². The summed E-state index contributed by atoms with van der Waals surface area (Å²) in [6.07, 6.45) is 0. The molecule has 0 heterocycles. The fourth-order valence-corrected chi connectivity index (χ4v) is 4.35. The number of carbonyl (C=O) groups is 1. The second-order valence-electron chi connectivity index (χ2n) is 7.84. The van der Waals surface area contributed by atoms with E-state index in [1.807, 2.05) is 13.8 Å². The minimum Gasteiger partial charge on any atom is -0.379 e. The molecule has 1 amide bonds. The van der Waals surface area contributed by atoms with E-state index in [-0.39, 0.29) is 22.5 Å². The Morgan fingerprint density at radius 1 is 0.970 bits per heavy atom. The zero-order valence-corrected chi connectivity index (χ0v) is 20.3. The van der Waals surface area contributed by atoms with Crippen LogP contribution in [0.3, 0.4) is 0 Å². The lowest BCUT2D eigenvalue weighted by Gasteiger charge is -2.25. The van der Waals surface area contributed by atoms with Gasteiger partial charge < -0.3 is 9.08 Å². The fraction of sp³-hybridized carbons (Fsp3) is 0.208. The summed E-state index contributed by atoms with van der Waals surface area (Å²) in [6.45, 7) is 4.83. The maximum absolute atomic E-state index is 13.1. The average Bonchev–Trinajstić information content (AvgIpc) is 2.76. The molecule has 0 unspecified atom stereocenters. The molecule has 0 aromatic heterocycles. The topological polar surface area (TPSA) is 63.7 Å². The zero-order chi connectivity index (χ0) is 24.2. The van der Waals surface area contributed by atoms with Crippen LogP contribution < -0.4 is 4.18 Å². The molecule has 0 fully saturated rings. The van der Waals surface area contributed by atoms with Gasteiger partial charge in [-0.2, -0.15) is 8.42 Å². The van der Waals surface area contributed by atoms with Crippen molar-refractivity contribution in [3.05, 3.63) is 93.7 Å². The molecule has 5 nitrogen and oxygen atoms in total. The highest BCUT2D eigenvalue weighted by atomic mass is 35.5. The molecule has 0 aliphatic rings. The number of hydrogen-bond acceptors (Lipinski definition) is 4. The van der Waals surface area contributed by atoms with E-state index in [1.54, 1.807) is 29.2 Å². The Balaban J connectivity index is 1.75. The highest BCUT2D eigenvalue weighted by Crippen LogP contribution is 2.25. The van der Waals surface area contributed by atoms with E-state index in [1.165, 1.54) is 18.2 Å². The van der Waals surface area contributed by atoms with Gasteiger partial charge in [-0.3, -0.25) is 4.79 Å². The summed E-state index contributed by atoms with van der Waals surface area (Å²) >= 11 is 12.0. The van der Waals surface area contributed by atoms with Gasteiger partial charge >= 0.3 is 10.1 Å². The number of rotatable bonds is 8. The van der Waals surface area contributed by atoms with Crippen LogP contribution in [0, 0.1) is 11.7 Å². The predicted molar refractivity (Wildman–Crippen MR) is 127 cm³/mol. The first-order chi connectivity index (χ1) is 15.5. The summed E-state index contributed by atoms with van der Waals surface area (Å²) in [4.78, 5) is 14.6. The van der Waals surface area contributed by atoms with E-state index in [0.717, 1.165) is 29.8 Å². The number of nitrogens with zero attached hydrogens (tertiary/aromatic N) is 1. The SMILES string of the molecule is CC(C)CN(Cc1ccc(OS(=O)(=O)c2ccc(F)cc2)cc1)C(=O)c1ccc(Cl)c(Cl)c1. The molecule has 0 bridgehead atoms. The van der Waals surface area contributed by atoms with Crippen molar-refractivity contribution in [3.63, 3.8) is 0 Å². The molecule has 3 aromatic rings. The van der Waals surface area contributed by atoms with E-state index in [9.17, 15) is 17.6 Å². The Labute approximate surface area is 202 Å². The van der Waals surface area contributed by atoms with Gasteiger partial charge in [0.25, 0.3) is 5.91 Å². The maximum Gasteiger partial charge on any atom is 0.339 e. The Kier molecular flexibility index (Phi) is 8.00. The first-order valence-corrected chi connectivity index (χ1v) is 12.2. The second-order valence-corrected chi connectivity index (χ2v) is 10.2. The van der Waals surface area contributed by atoms with Gasteiger partial charge in [-0.1, -0.05) is 49.2 Å². The summed E-state index contributed by atoms with van der Waals surface area (Å²) in [5.74, 6) is -0.407. The molecule has 3 rings (SSSR count). The number of benzene rings is 3. The lowest BCUT2D eigenvalue weighted by Crippen LogP contribution is -2.33. The average molecular weight is 510 g/mol. The number of carbonyl (C=O) groups excluding carboxylic acids is 1. The van der Waals surface area contributed by atoms with Crippen molar-refractivity contribution in [2.75, 3.05) is 6.54 Å². The van der Waals surface area contributed by atoms with Gasteiger partial charge in [0.05, 0.1) is 10.0 Å². The number of halogens is 3. The van der Waals surface area contributed by atoms with Crippen molar-refractivity contribution < 1.29 is 21.8 Å². The highest BCUT2D eigenvalue weighted by Gasteiger charge is 2.20. The quantitative estimate of drug-likeness (QED) is 0.339. The monoisotopic (exact) mass is 509 g/mol. The van der Waals surface area contributed by atoms with E-state index < -0.39 is 15.9 Å². The van der Waals surface area contributed by atoms with Gasteiger partial charge in [0, 0.05) is 18.7 Å². The highest BCUT2D eigenvalue weighted by molar-refractivity contribution is 7.87. The molecule has 0 radical (unpaired) electrons. The molecule has 3 aromatic carbocycles. The lowest BCUT2D eigenvalue weighted by atomic mass is 10.1. The van der Waals surface area contributed by atoms with Crippen LogP contribution in [0.15, 0.2) is 71.6 Å². The van der Waals surface area contributed by atoms with Gasteiger partial charge in [0.1, 0.15) is 16.5 Å². The van der Waals surface area contributed by atoms with E-state index >= 15 is 0 Å². The molecule has 0 atom stereocenters. The molecule has 0 saturated heterocycles. The van der Waals surface area contributed by atoms with Crippen LogP contribution in [-0.2, 0) is 16.7 Å². The zero-order valence-electron chi connectivity index (χ0n) is 18.0. The Morgan fingerprint density at radius 3 is 2.18 bits per heavy atom. The molecule has 0 saturated carbocycles. The van der Waals surface area contributed by atoms with Crippen LogP contribution >= 0.6 is 23.2 Å². The molecule has 9 heteroatoms. The molecule has 0 spiro atoms. The summed E-state index contributed by atoms with van der Waals surface area (Å²) in [6, 6.07) is 15.5. The van der Waals surface area contributed by atoms with E-state index in [4.69, 9.17) is 27.4 Å². The normalized spacial score (nSPS) is 11.5. The smallest absolute Gasteiger partial charge is 0.339 e. The van der Waals surface area contributed by atoms with Crippen LogP contribution in [0.25, 0.3) is 0 Å². The van der Waals surface area contributed by atoms with Crippen LogP contribution in [-0.4, -0.2) is 25.8 Å². The lowest BCUT2D eigenvalue weighted by molar-refractivity contribution is 0.0722. The van der Waals surface area contributed by atoms with Gasteiger partial charge in [-0.25, -0.2) is 4.39 Å². The predicted octanol–water partition coefficient (Wildman–Crippen LogP) is 6.20. The van der Waals surface area contributed by atoms with Crippen molar-refractivity contribution in [3.8, 4) is 5.75 Å². The molecule has 33 heavy (non-hydrogen) atoms. The fourth-order valence-electron chi connectivity index (χ4n) is 3.12. The van der Waals surface area contributed by atoms with E-state index in [0.29, 0.717) is 28.7 Å². The van der Waals surface area contributed by atoms with Crippen molar-refractivity contribution in [2.45, 2.75) is 25.3 Å². The molecular formula is C24H22Cl2FNO4S. The van der Waals surface area contributed by atoms with E-state index in [2.05, 4.69) is 0 Å². The Hall–Kier alpha value is -2.61. The second kappa shape index (κ2) is 10.5. The molecule has 0 aliphatic heterocycles. The summed E-state index contributed by atoms with van der Waals surface area (Å²) < 4.78 is 42.9. The largest absolute Gasteiger partial charge is 0.379 e. The van der Waals surface area contributed by atoms with Crippen LogP contribution in [0.4, 0.5) is 4.39 Å². The molecular weight excluding hydrogens is 488 g/mol. The Morgan fingerprint density at radius 2 is 1.61 bits per heavy atom. The third-order valence-corrected chi connectivity index (χ3v) is 6.64. The van der Waals surface area contributed by atoms with Crippen molar-refractivity contribution in [2.24, 2.45) is 5.92 Å². The van der Waals surface area contributed by atoms with Gasteiger partial charge in [-0.15, -0.1) is 0 Å². The number of amides is 1. The first kappa shape index (κ1) is 25.0. The minimum atomic E-state index is -4.09. The number of hydrogen-bond donors (Lipinski definition) is 0. The molecule has 174 valence electrons. The standard InChI is InChI=1S/C24H22Cl2FNO4S/c1-16(2)14-28(24(29)18-5-12-22(25)23(26)13-18)15-17-3-8-20(9-4-17)32-33(30,31)21-10-6-19(27)7-11-21/h3-13,16H,14-15H2,1-2H3. The third kappa shape index (κ3) is 6.69. The summed E-state index contributed by atoms with van der Waals surface area (Å²) in [5.41, 5.74) is 1.21. The minimum absolute atomic E-state index is 0.106. The van der Waals surface area contributed by atoms with Crippen molar-refractivity contribution >= 4 is 39.2 Å². The maximum atomic E-state index is 13.1. The first-order valence-electron chi connectivity index (χ1n) is 10.1. The third-order valence-electron chi connectivity index (χ3n) is 4.64. The Bertz CT molecular complexity index is 1230. The van der Waals surface area contributed by atoms with Crippen LogP contribution in [0.2, 0.25) is 10.0 Å².